The van der Waals surface area contributed by atoms with E-state index in [1.807, 2.05) is 0 Å². The van der Waals surface area contributed by atoms with Crippen LogP contribution in [0.4, 0.5) is 0 Å². The number of unbranched alkanes of at least 4 members (excludes halogenated alkanes) is 11. The van der Waals surface area contributed by atoms with Gasteiger partial charge in [-0.3, -0.25) is 9.79 Å². The summed E-state index contributed by atoms with van der Waals surface area (Å²) in [5.41, 5.74) is 0. The fraction of sp³-hybridized carbons (Fsp3) is 0.882. The van der Waals surface area contributed by atoms with Crippen LogP contribution in [0.2, 0.25) is 0 Å². The van der Waals surface area contributed by atoms with Gasteiger partial charge in [0, 0.05) is 12.8 Å². The highest BCUT2D eigenvalue weighted by Crippen LogP contribution is 2.11. The molecule has 0 spiro atoms. The summed E-state index contributed by atoms with van der Waals surface area (Å²) in [4.78, 5) is 14.3. The first-order chi connectivity index (χ1) is 9.77. The van der Waals surface area contributed by atoms with Gasteiger partial charge in [-0.25, -0.2) is 0 Å². The number of aliphatic carboxylic acids is 1. The van der Waals surface area contributed by atoms with E-state index in [4.69, 9.17) is 5.11 Å². The molecule has 0 saturated carbocycles. The molecule has 0 amide bonds. The molecule has 0 fully saturated rings. The molecule has 0 aromatic carbocycles. The maximum absolute atomic E-state index is 10.2. The third kappa shape index (κ3) is 17.1. The quantitative estimate of drug-likeness (QED) is 0.330. The second kappa shape index (κ2) is 16.2. The molecule has 20 heavy (non-hydrogen) atoms. The molecule has 3 heteroatoms. The van der Waals surface area contributed by atoms with Crippen molar-refractivity contribution in [3.05, 3.63) is 0 Å². The maximum atomic E-state index is 10.2. The van der Waals surface area contributed by atoms with Crippen molar-refractivity contribution in [1.82, 2.24) is 0 Å². The summed E-state index contributed by atoms with van der Waals surface area (Å²) in [5, 5.41) is 8.43. The second-order valence-electron chi connectivity index (χ2n) is 5.58. The zero-order chi connectivity index (χ0) is 14.9. The maximum Gasteiger partial charge on any atom is 0.308 e. The van der Waals surface area contributed by atoms with Crippen molar-refractivity contribution in [1.29, 1.82) is 0 Å². The van der Waals surface area contributed by atoms with Gasteiger partial charge in [-0.15, -0.1) is 0 Å². The molecule has 0 heterocycles. The van der Waals surface area contributed by atoms with E-state index in [2.05, 4.69) is 11.9 Å². The Balaban J connectivity index is 3.02. The number of nitrogens with zero attached hydrogens (tertiary/aromatic N) is 1. The Bertz CT molecular complexity index is 239. The SMILES string of the molecule is CCCCCCCCCCCCCCN=CCC(=O)O. The summed E-state index contributed by atoms with van der Waals surface area (Å²) in [5.74, 6) is -0.802. The first-order valence-corrected chi connectivity index (χ1v) is 8.47. The zero-order valence-electron chi connectivity index (χ0n) is 13.3. The third-order valence-electron chi connectivity index (χ3n) is 3.54. The largest absolute Gasteiger partial charge is 0.481 e. The molecule has 0 radical (unpaired) electrons. The smallest absolute Gasteiger partial charge is 0.308 e. The van der Waals surface area contributed by atoms with E-state index >= 15 is 0 Å². The summed E-state index contributed by atoms with van der Waals surface area (Å²) in [7, 11) is 0. The average molecular weight is 283 g/mol. The fourth-order valence-corrected chi connectivity index (χ4v) is 2.28. The predicted molar refractivity (Wildman–Crippen MR) is 86.7 cm³/mol. The van der Waals surface area contributed by atoms with E-state index in [9.17, 15) is 4.79 Å². The molecular formula is C17H33NO2. The Hall–Kier alpha value is -0.860. The minimum Gasteiger partial charge on any atom is -0.481 e. The minimum absolute atomic E-state index is 0.0538. The van der Waals surface area contributed by atoms with E-state index in [-0.39, 0.29) is 6.42 Å². The van der Waals surface area contributed by atoms with Crippen LogP contribution < -0.4 is 0 Å². The fourth-order valence-electron chi connectivity index (χ4n) is 2.28. The van der Waals surface area contributed by atoms with Gasteiger partial charge in [-0.1, -0.05) is 77.6 Å². The number of carboxylic acid groups (broad SMARTS) is 1. The molecule has 0 aliphatic rings. The van der Waals surface area contributed by atoms with Crippen LogP contribution in [0.25, 0.3) is 0 Å². The van der Waals surface area contributed by atoms with E-state index in [0.29, 0.717) is 0 Å². The van der Waals surface area contributed by atoms with E-state index in [1.165, 1.54) is 76.8 Å². The van der Waals surface area contributed by atoms with Gasteiger partial charge in [0.25, 0.3) is 0 Å². The lowest BCUT2D eigenvalue weighted by molar-refractivity contribution is -0.135. The van der Waals surface area contributed by atoms with Crippen LogP contribution in [0, 0.1) is 0 Å². The van der Waals surface area contributed by atoms with Crippen molar-refractivity contribution in [3.63, 3.8) is 0 Å². The van der Waals surface area contributed by atoms with Gasteiger partial charge in [-0.2, -0.15) is 0 Å². The summed E-state index contributed by atoms with van der Waals surface area (Å²) >= 11 is 0. The second-order valence-corrected chi connectivity index (χ2v) is 5.58. The molecule has 0 bridgehead atoms. The summed E-state index contributed by atoms with van der Waals surface area (Å²) in [6.45, 7) is 3.04. The molecule has 0 aliphatic heterocycles. The molecule has 1 N–H and O–H groups in total. The number of carbonyl (C=O) groups is 1. The lowest BCUT2D eigenvalue weighted by Crippen LogP contribution is -1.94. The molecule has 0 rings (SSSR count). The summed E-state index contributed by atoms with van der Waals surface area (Å²) < 4.78 is 0. The lowest BCUT2D eigenvalue weighted by atomic mass is 10.1. The first kappa shape index (κ1) is 19.1. The van der Waals surface area contributed by atoms with Crippen molar-refractivity contribution in [2.75, 3.05) is 6.54 Å². The van der Waals surface area contributed by atoms with E-state index in [0.717, 1.165) is 13.0 Å². The zero-order valence-corrected chi connectivity index (χ0v) is 13.3. The lowest BCUT2D eigenvalue weighted by Gasteiger charge is -2.02. The van der Waals surface area contributed by atoms with Gasteiger partial charge in [0.2, 0.25) is 0 Å². The third-order valence-corrected chi connectivity index (χ3v) is 3.54. The van der Waals surface area contributed by atoms with Gasteiger partial charge >= 0.3 is 5.97 Å². The van der Waals surface area contributed by atoms with Gasteiger partial charge in [0.05, 0.1) is 6.42 Å². The Labute approximate surface area is 124 Å². The van der Waals surface area contributed by atoms with E-state index < -0.39 is 5.97 Å². The molecule has 0 aromatic rings. The highest BCUT2D eigenvalue weighted by Gasteiger charge is 1.93. The number of hydrogen-bond donors (Lipinski definition) is 1. The van der Waals surface area contributed by atoms with Crippen LogP contribution in [-0.2, 0) is 4.79 Å². The van der Waals surface area contributed by atoms with Crippen molar-refractivity contribution in [3.8, 4) is 0 Å². The first-order valence-electron chi connectivity index (χ1n) is 8.47. The predicted octanol–water partition coefficient (Wildman–Crippen LogP) is 5.23. The number of rotatable bonds is 15. The summed E-state index contributed by atoms with van der Waals surface area (Å²) in [6, 6.07) is 0. The minimum atomic E-state index is -0.802. The van der Waals surface area contributed by atoms with Crippen molar-refractivity contribution in [2.24, 2.45) is 4.99 Å². The van der Waals surface area contributed by atoms with Crippen LogP contribution in [-0.4, -0.2) is 23.8 Å². The summed E-state index contributed by atoms with van der Waals surface area (Å²) in [6.07, 6.45) is 17.7. The van der Waals surface area contributed by atoms with Crippen LogP contribution >= 0.6 is 0 Å². The Morgan fingerprint density at radius 3 is 1.75 bits per heavy atom. The van der Waals surface area contributed by atoms with Crippen LogP contribution in [0.5, 0.6) is 0 Å². The van der Waals surface area contributed by atoms with Crippen LogP contribution in [0.1, 0.15) is 90.4 Å². The van der Waals surface area contributed by atoms with Gasteiger partial charge in [-0.05, 0) is 6.42 Å². The molecule has 3 nitrogen and oxygen atoms in total. The topological polar surface area (TPSA) is 49.7 Å². The van der Waals surface area contributed by atoms with Crippen LogP contribution in [0.15, 0.2) is 4.99 Å². The molecule has 118 valence electrons. The van der Waals surface area contributed by atoms with Crippen LogP contribution in [0.3, 0.4) is 0 Å². The monoisotopic (exact) mass is 283 g/mol. The van der Waals surface area contributed by atoms with Gasteiger partial charge in [0.15, 0.2) is 0 Å². The number of hydrogen-bond acceptors (Lipinski definition) is 2. The Morgan fingerprint density at radius 2 is 1.30 bits per heavy atom. The van der Waals surface area contributed by atoms with Gasteiger partial charge < -0.3 is 5.11 Å². The van der Waals surface area contributed by atoms with E-state index in [1.54, 1.807) is 0 Å². The molecular weight excluding hydrogens is 250 g/mol. The highest BCUT2D eigenvalue weighted by atomic mass is 16.4. The highest BCUT2D eigenvalue weighted by molar-refractivity contribution is 5.84. The Kier molecular flexibility index (Phi) is 15.5. The van der Waals surface area contributed by atoms with Crippen molar-refractivity contribution in [2.45, 2.75) is 90.4 Å². The molecule has 0 atom stereocenters. The standard InChI is InChI=1S/C17H33NO2/c1-2-3-4-5-6-7-8-9-10-11-12-13-15-18-16-14-17(19)20/h16H,2-15H2,1H3,(H,19,20). The molecule has 0 aromatic heterocycles. The van der Waals surface area contributed by atoms with Crippen molar-refractivity contribution < 1.29 is 9.90 Å². The normalized spacial score (nSPS) is 11.2. The number of aliphatic imine (C=N–C) groups is 1. The van der Waals surface area contributed by atoms with Crippen molar-refractivity contribution >= 4 is 12.2 Å². The number of carboxylic acids is 1. The molecule has 0 saturated heterocycles. The molecule has 0 unspecified atom stereocenters. The average Bonchev–Trinajstić information content (AvgIpc) is 2.43. The Morgan fingerprint density at radius 1 is 0.850 bits per heavy atom. The van der Waals surface area contributed by atoms with Gasteiger partial charge in [0.1, 0.15) is 0 Å². The molecule has 0 aliphatic carbocycles.